The van der Waals surface area contributed by atoms with Crippen LogP contribution in [0.25, 0.3) is 6.08 Å². The van der Waals surface area contributed by atoms with Crippen molar-refractivity contribution in [3.05, 3.63) is 69.3 Å². The molecule has 0 bridgehead atoms. The van der Waals surface area contributed by atoms with E-state index in [1.165, 1.54) is 49.6 Å². The predicted octanol–water partition coefficient (Wildman–Crippen LogP) is 2.85. The van der Waals surface area contributed by atoms with Gasteiger partial charge in [0.05, 0.1) is 12.0 Å². The number of carboxylic acid groups (broad SMARTS) is 1. The lowest BCUT2D eigenvalue weighted by atomic mass is 10.1. The van der Waals surface area contributed by atoms with Crippen LogP contribution < -0.4 is 10.1 Å². The quantitative estimate of drug-likeness (QED) is 0.346. The molecule has 0 aromatic heterocycles. The molecule has 2 N–H and O–H groups in total. The molecule has 2 rings (SSSR count). The fourth-order valence-electron chi connectivity index (χ4n) is 2.19. The molecule has 0 saturated carbocycles. The van der Waals surface area contributed by atoms with Gasteiger partial charge in [-0.2, -0.15) is 5.26 Å². The second-order valence-corrected chi connectivity index (χ2v) is 5.20. The van der Waals surface area contributed by atoms with Crippen molar-refractivity contribution < 1.29 is 24.4 Å². The van der Waals surface area contributed by atoms with E-state index in [1.807, 2.05) is 0 Å². The Morgan fingerprint density at radius 2 is 2.04 bits per heavy atom. The molecule has 0 aliphatic rings. The molecule has 27 heavy (non-hydrogen) atoms. The first-order valence-corrected chi connectivity index (χ1v) is 7.44. The van der Waals surface area contributed by atoms with E-state index in [4.69, 9.17) is 4.74 Å². The minimum absolute atomic E-state index is 0.123. The third kappa shape index (κ3) is 4.67. The molecule has 0 fully saturated rings. The molecule has 0 saturated heterocycles. The Morgan fingerprint density at radius 1 is 1.30 bits per heavy atom. The van der Waals surface area contributed by atoms with Gasteiger partial charge in [0, 0.05) is 17.8 Å². The maximum Gasteiger partial charge on any atom is 0.339 e. The number of nitriles is 1. The smallest absolute Gasteiger partial charge is 0.339 e. The van der Waals surface area contributed by atoms with Crippen LogP contribution in [0.2, 0.25) is 0 Å². The molecule has 0 aliphatic carbocycles. The Labute approximate surface area is 153 Å². The summed E-state index contributed by atoms with van der Waals surface area (Å²) in [4.78, 5) is 33.7. The van der Waals surface area contributed by atoms with E-state index in [-0.39, 0.29) is 28.3 Å². The van der Waals surface area contributed by atoms with E-state index in [9.17, 15) is 30.1 Å². The zero-order valence-electron chi connectivity index (χ0n) is 14.0. The molecule has 2 aromatic carbocycles. The number of ether oxygens (including phenoxy) is 1. The highest BCUT2D eigenvalue weighted by Crippen LogP contribution is 2.22. The lowest BCUT2D eigenvalue weighted by Crippen LogP contribution is -2.13. The largest absolute Gasteiger partial charge is 0.496 e. The predicted molar refractivity (Wildman–Crippen MR) is 95.3 cm³/mol. The van der Waals surface area contributed by atoms with Gasteiger partial charge in [-0.05, 0) is 29.8 Å². The standard InChI is InChI=1S/C18H13N3O6/c1-27-16-6-5-11(8-15(16)18(23)24)7-12(10-19)17(22)20-13-3-2-4-14(9-13)21(25)26/h2-9H,1H3,(H,20,22)(H,23,24)/b12-7+. The lowest BCUT2D eigenvalue weighted by molar-refractivity contribution is -0.384. The van der Waals surface area contributed by atoms with Crippen LogP contribution in [0.1, 0.15) is 15.9 Å². The zero-order chi connectivity index (χ0) is 20.0. The molecule has 136 valence electrons. The molecule has 0 spiro atoms. The first-order chi connectivity index (χ1) is 12.8. The number of carbonyl (C=O) groups excluding carboxylic acids is 1. The average molecular weight is 367 g/mol. The molecule has 0 unspecified atom stereocenters. The number of carboxylic acids is 1. The normalized spacial score (nSPS) is 10.6. The summed E-state index contributed by atoms with van der Waals surface area (Å²) in [5.41, 5.74) is -0.183. The van der Waals surface area contributed by atoms with E-state index >= 15 is 0 Å². The van der Waals surface area contributed by atoms with Gasteiger partial charge < -0.3 is 15.2 Å². The van der Waals surface area contributed by atoms with Gasteiger partial charge in [-0.15, -0.1) is 0 Å². The molecule has 1 amide bonds. The molecule has 0 aliphatic heterocycles. The zero-order valence-corrected chi connectivity index (χ0v) is 14.0. The molecule has 0 atom stereocenters. The van der Waals surface area contributed by atoms with Crippen molar-refractivity contribution >= 4 is 29.3 Å². The van der Waals surface area contributed by atoms with Crippen LogP contribution in [0, 0.1) is 21.4 Å². The van der Waals surface area contributed by atoms with Gasteiger partial charge in [-0.1, -0.05) is 12.1 Å². The Balaban J connectivity index is 2.31. The van der Waals surface area contributed by atoms with Crippen LogP contribution in [0.3, 0.4) is 0 Å². The Morgan fingerprint density at radius 3 is 2.63 bits per heavy atom. The number of anilines is 1. The van der Waals surface area contributed by atoms with Crippen molar-refractivity contribution in [2.75, 3.05) is 12.4 Å². The van der Waals surface area contributed by atoms with Crippen LogP contribution in [0.15, 0.2) is 48.0 Å². The number of rotatable bonds is 6. The van der Waals surface area contributed by atoms with E-state index in [1.54, 1.807) is 6.07 Å². The van der Waals surface area contributed by atoms with Crippen molar-refractivity contribution in [2.24, 2.45) is 0 Å². The average Bonchev–Trinajstić information content (AvgIpc) is 2.65. The summed E-state index contributed by atoms with van der Waals surface area (Å²) in [6.07, 6.45) is 1.21. The molecular formula is C18H13N3O6. The summed E-state index contributed by atoms with van der Waals surface area (Å²) in [6, 6.07) is 11.1. The van der Waals surface area contributed by atoms with Crippen LogP contribution in [-0.2, 0) is 4.79 Å². The Bertz CT molecular complexity index is 991. The van der Waals surface area contributed by atoms with E-state index < -0.39 is 16.8 Å². The van der Waals surface area contributed by atoms with Gasteiger partial charge in [0.2, 0.25) is 0 Å². The number of nitrogens with one attached hydrogen (secondary N) is 1. The van der Waals surface area contributed by atoms with E-state index in [0.717, 1.165) is 6.07 Å². The van der Waals surface area contributed by atoms with Gasteiger partial charge in [-0.3, -0.25) is 14.9 Å². The summed E-state index contributed by atoms with van der Waals surface area (Å²) in [5.74, 6) is -1.87. The van der Waals surface area contributed by atoms with E-state index in [2.05, 4.69) is 5.32 Å². The highest BCUT2D eigenvalue weighted by Gasteiger charge is 2.14. The third-order valence-electron chi connectivity index (χ3n) is 3.44. The molecular weight excluding hydrogens is 354 g/mol. The summed E-state index contributed by atoms with van der Waals surface area (Å²) < 4.78 is 4.95. The number of nitrogens with zero attached hydrogens (tertiary/aromatic N) is 2. The summed E-state index contributed by atoms with van der Waals surface area (Å²) in [6.45, 7) is 0. The topological polar surface area (TPSA) is 143 Å². The number of nitro benzene ring substituents is 1. The number of hydrogen-bond acceptors (Lipinski definition) is 6. The van der Waals surface area contributed by atoms with Crippen molar-refractivity contribution in [3.8, 4) is 11.8 Å². The number of hydrogen-bond donors (Lipinski definition) is 2. The minimum atomic E-state index is -1.22. The van der Waals surface area contributed by atoms with Crippen molar-refractivity contribution in [1.29, 1.82) is 5.26 Å². The molecule has 9 heteroatoms. The van der Waals surface area contributed by atoms with Crippen LogP contribution in [-0.4, -0.2) is 29.0 Å². The summed E-state index contributed by atoms with van der Waals surface area (Å²) in [5, 5.41) is 31.6. The maximum absolute atomic E-state index is 12.3. The fraction of sp³-hybridized carbons (Fsp3) is 0.0556. The second kappa shape index (κ2) is 8.26. The first-order valence-electron chi connectivity index (χ1n) is 7.44. The number of nitro groups is 1. The van der Waals surface area contributed by atoms with Crippen LogP contribution >= 0.6 is 0 Å². The van der Waals surface area contributed by atoms with Crippen LogP contribution in [0.4, 0.5) is 11.4 Å². The highest BCUT2D eigenvalue weighted by molar-refractivity contribution is 6.09. The van der Waals surface area contributed by atoms with E-state index in [0.29, 0.717) is 5.56 Å². The number of amides is 1. The molecule has 0 heterocycles. The summed E-state index contributed by atoms with van der Waals surface area (Å²) in [7, 11) is 1.32. The third-order valence-corrected chi connectivity index (χ3v) is 3.44. The molecule has 0 radical (unpaired) electrons. The van der Waals surface area contributed by atoms with Gasteiger partial charge in [-0.25, -0.2) is 4.79 Å². The monoisotopic (exact) mass is 367 g/mol. The van der Waals surface area contributed by atoms with Crippen molar-refractivity contribution in [1.82, 2.24) is 0 Å². The Kier molecular flexibility index (Phi) is 5.86. The fourth-order valence-corrected chi connectivity index (χ4v) is 2.19. The highest BCUT2D eigenvalue weighted by atomic mass is 16.6. The molecule has 9 nitrogen and oxygen atoms in total. The minimum Gasteiger partial charge on any atom is -0.496 e. The van der Waals surface area contributed by atoms with Gasteiger partial charge in [0.25, 0.3) is 11.6 Å². The lowest BCUT2D eigenvalue weighted by Gasteiger charge is -2.07. The number of benzene rings is 2. The number of aromatic carboxylic acids is 1. The SMILES string of the molecule is COc1ccc(/C=C(\C#N)C(=O)Nc2cccc([N+](=O)[O-])c2)cc1C(=O)O. The first kappa shape index (κ1) is 19.1. The van der Waals surface area contributed by atoms with Gasteiger partial charge in [0.15, 0.2) is 0 Å². The number of carbonyl (C=O) groups is 2. The van der Waals surface area contributed by atoms with Crippen molar-refractivity contribution in [3.63, 3.8) is 0 Å². The van der Waals surface area contributed by atoms with Gasteiger partial charge in [0.1, 0.15) is 23.0 Å². The van der Waals surface area contributed by atoms with Crippen LogP contribution in [0.5, 0.6) is 5.75 Å². The Hall–Kier alpha value is -4.19. The molecule has 2 aromatic rings. The van der Waals surface area contributed by atoms with Gasteiger partial charge >= 0.3 is 5.97 Å². The maximum atomic E-state index is 12.3. The summed E-state index contributed by atoms with van der Waals surface area (Å²) >= 11 is 0. The second-order valence-electron chi connectivity index (χ2n) is 5.20. The van der Waals surface area contributed by atoms with Crippen molar-refractivity contribution in [2.45, 2.75) is 0 Å². The number of methoxy groups -OCH3 is 1. The number of non-ortho nitro benzene ring substituents is 1.